The number of carbonyl (C=O) groups excluding carboxylic acids is 1. The summed E-state index contributed by atoms with van der Waals surface area (Å²) in [6.07, 6.45) is 1.35. The molecule has 0 aliphatic rings. The normalized spacial score (nSPS) is 10.8. The van der Waals surface area contributed by atoms with Gasteiger partial charge in [0.15, 0.2) is 0 Å². The van der Waals surface area contributed by atoms with Gasteiger partial charge in [-0.05, 0) is 35.9 Å². The van der Waals surface area contributed by atoms with Crippen molar-refractivity contribution in [1.29, 1.82) is 5.26 Å². The number of carbonyl (C=O) groups is 1. The number of nitro benzene ring substituents is 1. The standard InChI is InChI=1S/C23H15ClFN3O4/c24-20-10-7-18(28(30)31)12-22(20)27-23(29)17(13-26)11-15-5-8-19(9-6-15)32-14-16-3-1-2-4-21(16)25/h1-12H,14H2,(H,27,29)/b17-11+. The minimum absolute atomic E-state index is 0.0175. The van der Waals surface area contributed by atoms with Crippen LogP contribution in [0, 0.1) is 27.3 Å². The molecule has 0 heterocycles. The van der Waals surface area contributed by atoms with E-state index in [0.717, 1.165) is 6.07 Å². The lowest BCUT2D eigenvalue weighted by molar-refractivity contribution is -0.384. The highest BCUT2D eigenvalue weighted by Crippen LogP contribution is 2.27. The number of hydrogen-bond donors (Lipinski definition) is 1. The Kier molecular flexibility index (Phi) is 7.16. The number of nitriles is 1. The Morgan fingerprint density at radius 3 is 2.56 bits per heavy atom. The van der Waals surface area contributed by atoms with Crippen molar-refractivity contribution >= 4 is 35.0 Å². The molecule has 0 bridgehead atoms. The Bertz CT molecular complexity index is 1240. The van der Waals surface area contributed by atoms with Gasteiger partial charge in [0.25, 0.3) is 11.6 Å². The van der Waals surface area contributed by atoms with Crippen LogP contribution >= 0.6 is 11.6 Å². The molecule has 32 heavy (non-hydrogen) atoms. The molecule has 160 valence electrons. The zero-order valence-corrected chi connectivity index (χ0v) is 17.2. The number of nitrogens with zero attached hydrogens (tertiary/aromatic N) is 2. The highest BCUT2D eigenvalue weighted by molar-refractivity contribution is 6.34. The molecular formula is C23H15ClFN3O4. The molecular weight excluding hydrogens is 437 g/mol. The van der Waals surface area contributed by atoms with Gasteiger partial charge in [-0.25, -0.2) is 4.39 Å². The number of non-ortho nitro benzene ring substituents is 1. The maximum absolute atomic E-state index is 13.7. The van der Waals surface area contributed by atoms with Gasteiger partial charge < -0.3 is 10.1 Å². The van der Waals surface area contributed by atoms with Gasteiger partial charge in [0.1, 0.15) is 29.8 Å². The van der Waals surface area contributed by atoms with Crippen LogP contribution in [0.25, 0.3) is 6.08 Å². The Morgan fingerprint density at radius 1 is 1.19 bits per heavy atom. The lowest BCUT2D eigenvalue weighted by atomic mass is 10.1. The summed E-state index contributed by atoms with van der Waals surface area (Å²) in [7, 11) is 0. The van der Waals surface area contributed by atoms with E-state index in [4.69, 9.17) is 16.3 Å². The van der Waals surface area contributed by atoms with Crippen LogP contribution in [0.3, 0.4) is 0 Å². The number of amides is 1. The minimum atomic E-state index is -0.769. The third-order valence-corrected chi connectivity index (χ3v) is 4.65. The van der Waals surface area contributed by atoms with Crippen molar-refractivity contribution in [2.75, 3.05) is 5.32 Å². The maximum Gasteiger partial charge on any atom is 0.271 e. The summed E-state index contributed by atoms with van der Waals surface area (Å²) in [6, 6.07) is 18.2. The fourth-order valence-electron chi connectivity index (χ4n) is 2.66. The van der Waals surface area contributed by atoms with Gasteiger partial charge in [-0.1, -0.05) is 41.9 Å². The van der Waals surface area contributed by atoms with E-state index in [0.29, 0.717) is 16.9 Å². The zero-order chi connectivity index (χ0) is 23.1. The summed E-state index contributed by atoms with van der Waals surface area (Å²) in [5.41, 5.74) is 0.495. The first-order chi connectivity index (χ1) is 15.4. The number of rotatable bonds is 7. The number of halogens is 2. The summed E-state index contributed by atoms with van der Waals surface area (Å²) in [4.78, 5) is 22.7. The van der Waals surface area contributed by atoms with Crippen LogP contribution in [0.2, 0.25) is 5.02 Å². The smallest absolute Gasteiger partial charge is 0.271 e. The Morgan fingerprint density at radius 2 is 1.91 bits per heavy atom. The number of nitrogens with one attached hydrogen (secondary N) is 1. The molecule has 0 aliphatic carbocycles. The lowest BCUT2D eigenvalue weighted by Crippen LogP contribution is -2.14. The molecule has 7 nitrogen and oxygen atoms in total. The second kappa shape index (κ2) is 10.2. The second-order valence-electron chi connectivity index (χ2n) is 6.49. The fourth-order valence-corrected chi connectivity index (χ4v) is 2.83. The van der Waals surface area contributed by atoms with Gasteiger partial charge in [0.2, 0.25) is 0 Å². The molecule has 0 saturated carbocycles. The summed E-state index contributed by atoms with van der Waals surface area (Å²) >= 11 is 5.98. The van der Waals surface area contributed by atoms with E-state index in [1.165, 1.54) is 24.3 Å². The van der Waals surface area contributed by atoms with Gasteiger partial charge in [-0.15, -0.1) is 0 Å². The highest BCUT2D eigenvalue weighted by Gasteiger charge is 2.15. The topological polar surface area (TPSA) is 105 Å². The molecule has 1 N–H and O–H groups in total. The van der Waals surface area contributed by atoms with Crippen molar-refractivity contribution in [1.82, 2.24) is 0 Å². The van der Waals surface area contributed by atoms with E-state index in [9.17, 15) is 24.6 Å². The number of hydrogen-bond acceptors (Lipinski definition) is 5. The molecule has 3 aromatic carbocycles. The third kappa shape index (κ3) is 5.68. The van der Waals surface area contributed by atoms with Crippen molar-refractivity contribution < 1.29 is 18.8 Å². The molecule has 9 heteroatoms. The van der Waals surface area contributed by atoms with E-state index in [1.54, 1.807) is 48.5 Å². The second-order valence-corrected chi connectivity index (χ2v) is 6.90. The molecule has 0 aromatic heterocycles. The van der Waals surface area contributed by atoms with Crippen LogP contribution in [-0.4, -0.2) is 10.8 Å². The first-order valence-corrected chi connectivity index (χ1v) is 9.58. The van der Waals surface area contributed by atoms with Crippen LogP contribution in [0.4, 0.5) is 15.8 Å². The zero-order valence-electron chi connectivity index (χ0n) is 16.4. The molecule has 3 aromatic rings. The van der Waals surface area contributed by atoms with E-state index in [2.05, 4.69) is 5.32 Å². The van der Waals surface area contributed by atoms with E-state index >= 15 is 0 Å². The predicted octanol–water partition coefficient (Wildman–Crippen LogP) is 5.51. The van der Waals surface area contributed by atoms with Gasteiger partial charge in [-0.3, -0.25) is 14.9 Å². The Balaban J connectivity index is 1.70. The molecule has 0 aliphatic heterocycles. The number of ether oxygens (including phenoxy) is 1. The largest absolute Gasteiger partial charge is 0.489 e. The summed E-state index contributed by atoms with van der Waals surface area (Å²) in [6.45, 7) is 0.0533. The van der Waals surface area contributed by atoms with E-state index in [1.807, 2.05) is 0 Å². The Labute approximate surface area is 187 Å². The van der Waals surface area contributed by atoms with Crippen molar-refractivity contribution in [3.05, 3.63) is 104 Å². The van der Waals surface area contributed by atoms with Crippen LogP contribution in [-0.2, 0) is 11.4 Å². The number of benzene rings is 3. The molecule has 0 spiro atoms. The first-order valence-electron chi connectivity index (χ1n) is 9.20. The van der Waals surface area contributed by atoms with Crippen LogP contribution in [0.15, 0.2) is 72.3 Å². The average Bonchev–Trinajstić information content (AvgIpc) is 2.79. The van der Waals surface area contributed by atoms with E-state index in [-0.39, 0.29) is 34.4 Å². The first kappa shape index (κ1) is 22.5. The summed E-state index contributed by atoms with van der Waals surface area (Å²) in [5.74, 6) is -0.646. The predicted molar refractivity (Wildman–Crippen MR) is 118 cm³/mol. The average molecular weight is 452 g/mol. The SMILES string of the molecule is N#C/C(=C\c1ccc(OCc2ccccc2F)cc1)C(=O)Nc1cc([N+](=O)[O-])ccc1Cl. The van der Waals surface area contributed by atoms with Crippen molar-refractivity contribution in [2.45, 2.75) is 6.61 Å². The molecule has 0 atom stereocenters. The molecule has 0 fully saturated rings. The molecule has 0 saturated heterocycles. The number of anilines is 1. The van der Waals surface area contributed by atoms with Crippen molar-refractivity contribution in [3.63, 3.8) is 0 Å². The van der Waals surface area contributed by atoms with Crippen LogP contribution in [0.5, 0.6) is 5.75 Å². The Hall–Kier alpha value is -4.22. The molecule has 1 amide bonds. The molecule has 0 radical (unpaired) electrons. The van der Waals surface area contributed by atoms with Gasteiger partial charge in [0.05, 0.1) is 15.6 Å². The summed E-state index contributed by atoms with van der Waals surface area (Å²) < 4.78 is 19.2. The fraction of sp³-hybridized carbons (Fsp3) is 0.0435. The number of nitro groups is 1. The third-order valence-electron chi connectivity index (χ3n) is 4.32. The van der Waals surface area contributed by atoms with Crippen molar-refractivity contribution in [3.8, 4) is 11.8 Å². The van der Waals surface area contributed by atoms with E-state index < -0.39 is 10.8 Å². The highest BCUT2D eigenvalue weighted by atomic mass is 35.5. The van der Waals surface area contributed by atoms with Crippen LogP contribution in [0.1, 0.15) is 11.1 Å². The monoisotopic (exact) mass is 451 g/mol. The lowest BCUT2D eigenvalue weighted by Gasteiger charge is -2.08. The molecule has 0 unspecified atom stereocenters. The summed E-state index contributed by atoms with van der Waals surface area (Å²) in [5, 5.41) is 22.8. The minimum Gasteiger partial charge on any atom is -0.489 e. The maximum atomic E-state index is 13.7. The molecule has 3 rings (SSSR count). The van der Waals surface area contributed by atoms with Gasteiger partial charge in [0, 0.05) is 17.7 Å². The van der Waals surface area contributed by atoms with Gasteiger partial charge in [-0.2, -0.15) is 5.26 Å². The van der Waals surface area contributed by atoms with Crippen LogP contribution < -0.4 is 10.1 Å². The van der Waals surface area contributed by atoms with Gasteiger partial charge >= 0.3 is 0 Å². The van der Waals surface area contributed by atoms with Crippen molar-refractivity contribution in [2.24, 2.45) is 0 Å². The quantitative estimate of drug-likeness (QED) is 0.220.